The molecule has 7 nitrogen and oxygen atoms in total. The van der Waals surface area contributed by atoms with E-state index in [1.165, 1.54) is 4.68 Å². The zero-order valence-corrected chi connectivity index (χ0v) is 12.0. The second kappa shape index (κ2) is 6.19. The highest BCUT2D eigenvalue weighted by molar-refractivity contribution is 6.30. The smallest absolute Gasteiger partial charge is 0.244 e. The third kappa shape index (κ3) is 3.20. The van der Waals surface area contributed by atoms with E-state index in [1.54, 1.807) is 17.0 Å². The molecule has 8 heteroatoms. The van der Waals surface area contributed by atoms with Gasteiger partial charge in [-0.2, -0.15) is 0 Å². The van der Waals surface area contributed by atoms with Gasteiger partial charge in [-0.15, -0.1) is 5.10 Å². The first kappa shape index (κ1) is 14.0. The number of morpholine rings is 1. The number of hydrogen-bond acceptors (Lipinski definition) is 5. The summed E-state index contributed by atoms with van der Waals surface area (Å²) in [6, 6.07) is 7.17. The van der Waals surface area contributed by atoms with Gasteiger partial charge in [-0.3, -0.25) is 4.79 Å². The summed E-state index contributed by atoms with van der Waals surface area (Å²) in [5, 5.41) is 12.2. The molecule has 3 rings (SSSR count). The van der Waals surface area contributed by atoms with Crippen molar-refractivity contribution in [3.05, 3.63) is 29.3 Å². The first-order valence-corrected chi connectivity index (χ1v) is 6.99. The van der Waals surface area contributed by atoms with Gasteiger partial charge in [-0.05, 0) is 34.7 Å². The Morgan fingerprint density at radius 2 is 1.95 bits per heavy atom. The number of nitrogens with zero attached hydrogens (tertiary/aromatic N) is 5. The van der Waals surface area contributed by atoms with Crippen LogP contribution in [0.3, 0.4) is 0 Å². The Kier molecular flexibility index (Phi) is 4.12. The fourth-order valence-corrected chi connectivity index (χ4v) is 2.28. The lowest BCUT2D eigenvalue weighted by Crippen LogP contribution is -2.42. The van der Waals surface area contributed by atoms with Gasteiger partial charge in [0.2, 0.25) is 5.91 Å². The minimum atomic E-state index is -0.0131. The normalized spacial score (nSPS) is 15.2. The molecule has 1 saturated heterocycles. The monoisotopic (exact) mass is 307 g/mol. The van der Waals surface area contributed by atoms with Crippen LogP contribution in [-0.4, -0.2) is 57.3 Å². The minimum absolute atomic E-state index is 0.0131. The number of carbonyl (C=O) groups is 1. The molecule has 1 aromatic carbocycles. The summed E-state index contributed by atoms with van der Waals surface area (Å²) < 4.78 is 6.74. The fourth-order valence-electron chi connectivity index (χ4n) is 2.16. The van der Waals surface area contributed by atoms with E-state index in [4.69, 9.17) is 16.3 Å². The number of aromatic nitrogens is 4. The van der Waals surface area contributed by atoms with Crippen molar-refractivity contribution in [3.8, 4) is 11.4 Å². The SMILES string of the molecule is O=C(Cn1nnnc1-c1ccc(Cl)cc1)N1CCOCC1. The van der Waals surface area contributed by atoms with E-state index in [1.807, 2.05) is 12.1 Å². The van der Waals surface area contributed by atoms with E-state index in [0.29, 0.717) is 37.2 Å². The number of halogens is 1. The van der Waals surface area contributed by atoms with E-state index >= 15 is 0 Å². The first-order chi connectivity index (χ1) is 10.2. The van der Waals surface area contributed by atoms with Gasteiger partial charge in [0.1, 0.15) is 6.54 Å². The molecular formula is C13H14ClN5O2. The first-order valence-electron chi connectivity index (χ1n) is 6.61. The summed E-state index contributed by atoms with van der Waals surface area (Å²) in [6.45, 7) is 2.48. The molecule has 2 aromatic rings. The summed E-state index contributed by atoms with van der Waals surface area (Å²) in [5.41, 5.74) is 0.819. The van der Waals surface area contributed by atoms with E-state index in [0.717, 1.165) is 5.56 Å². The van der Waals surface area contributed by atoms with E-state index in [-0.39, 0.29) is 12.5 Å². The number of ether oxygens (including phenoxy) is 1. The molecule has 1 aromatic heterocycles. The van der Waals surface area contributed by atoms with Crippen molar-refractivity contribution in [3.63, 3.8) is 0 Å². The predicted octanol–water partition coefficient (Wildman–Crippen LogP) is 0.852. The van der Waals surface area contributed by atoms with Crippen molar-refractivity contribution in [1.29, 1.82) is 0 Å². The van der Waals surface area contributed by atoms with Crippen LogP contribution in [0.1, 0.15) is 0 Å². The maximum atomic E-state index is 12.2. The van der Waals surface area contributed by atoms with Crippen molar-refractivity contribution in [1.82, 2.24) is 25.1 Å². The maximum Gasteiger partial charge on any atom is 0.244 e. The van der Waals surface area contributed by atoms with Crippen LogP contribution in [-0.2, 0) is 16.1 Å². The molecule has 1 aliphatic heterocycles. The Bertz CT molecular complexity index is 622. The van der Waals surface area contributed by atoms with Crippen LogP contribution in [0.15, 0.2) is 24.3 Å². The maximum absolute atomic E-state index is 12.2. The lowest BCUT2D eigenvalue weighted by atomic mass is 10.2. The molecule has 0 atom stereocenters. The molecule has 0 saturated carbocycles. The van der Waals surface area contributed by atoms with Gasteiger partial charge in [0, 0.05) is 23.7 Å². The highest BCUT2D eigenvalue weighted by Gasteiger charge is 2.19. The third-order valence-corrected chi connectivity index (χ3v) is 3.54. The summed E-state index contributed by atoms with van der Waals surface area (Å²) in [7, 11) is 0. The molecule has 1 aliphatic rings. The molecule has 0 spiro atoms. The average molecular weight is 308 g/mol. The Hall–Kier alpha value is -1.99. The molecule has 0 aliphatic carbocycles. The molecule has 1 amide bonds. The quantitative estimate of drug-likeness (QED) is 0.840. The van der Waals surface area contributed by atoms with Crippen LogP contribution in [0.2, 0.25) is 5.02 Å². The van der Waals surface area contributed by atoms with Crippen LogP contribution in [0.5, 0.6) is 0 Å². The fraction of sp³-hybridized carbons (Fsp3) is 0.385. The average Bonchev–Trinajstić information content (AvgIpc) is 2.97. The van der Waals surface area contributed by atoms with Crippen LogP contribution in [0.25, 0.3) is 11.4 Å². The number of amides is 1. The van der Waals surface area contributed by atoms with Crippen molar-refractivity contribution < 1.29 is 9.53 Å². The molecule has 0 N–H and O–H groups in total. The second-order valence-electron chi connectivity index (χ2n) is 4.66. The van der Waals surface area contributed by atoms with Crippen molar-refractivity contribution in [2.24, 2.45) is 0 Å². The van der Waals surface area contributed by atoms with Gasteiger partial charge in [0.05, 0.1) is 13.2 Å². The predicted molar refractivity (Wildman–Crippen MR) is 75.7 cm³/mol. The largest absolute Gasteiger partial charge is 0.378 e. The molecule has 0 bridgehead atoms. The third-order valence-electron chi connectivity index (χ3n) is 3.28. The molecule has 2 heterocycles. The molecule has 110 valence electrons. The van der Waals surface area contributed by atoms with Gasteiger partial charge < -0.3 is 9.64 Å². The lowest BCUT2D eigenvalue weighted by Gasteiger charge is -2.26. The Morgan fingerprint density at radius 3 is 2.67 bits per heavy atom. The van der Waals surface area contributed by atoms with Crippen LogP contribution in [0.4, 0.5) is 0 Å². The van der Waals surface area contributed by atoms with E-state index < -0.39 is 0 Å². The van der Waals surface area contributed by atoms with Gasteiger partial charge in [0.15, 0.2) is 5.82 Å². The molecule has 1 fully saturated rings. The van der Waals surface area contributed by atoms with Crippen molar-refractivity contribution in [2.75, 3.05) is 26.3 Å². The van der Waals surface area contributed by atoms with Gasteiger partial charge in [-0.25, -0.2) is 4.68 Å². The van der Waals surface area contributed by atoms with E-state index in [9.17, 15) is 4.79 Å². The summed E-state index contributed by atoms with van der Waals surface area (Å²) in [5.74, 6) is 0.536. The Morgan fingerprint density at radius 1 is 1.24 bits per heavy atom. The molecule has 0 unspecified atom stereocenters. The van der Waals surface area contributed by atoms with Crippen molar-refractivity contribution in [2.45, 2.75) is 6.54 Å². The highest BCUT2D eigenvalue weighted by Crippen LogP contribution is 2.18. The van der Waals surface area contributed by atoms with Crippen LogP contribution >= 0.6 is 11.6 Å². The number of hydrogen-bond donors (Lipinski definition) is 0. The number of rotatable bonds is 3. The molecule has 0 radical (unpaired) electrons. The standard InChI is InChI=1S/C13H14ClN5O2/c14-11-3-1-10(2-4-11)13-15-16-17-19(13)9-12(20)18-5-7-21-8-6-18/h1-4H,5-9H2. The van der Waals surface area contributed by atoms with Crippen LogP contribution in [0, 0.1) is 0 Å². The van der Waals surface area contributed by atoms with Crippen molar-refractivity contribution >= 4 is 17.5 Å². The Labute approximate surface area is 126 Å². The highest BCUT2D eigenvalue weighted by atomic mass is 35.5. The summed E-state index contributed by atoms with van der Waals surface area (Å²) >= 11 is 5.87. The summed E-state index contributed by atoms with van der Waals surface area (Å²) in [4.78, 5) is 14.0. The zero-order valence-electron chi connectivity index (χ0n) is 11.3. The summed E-state index contributed by atoms with van der Waals surface area (Å²) in [6.07, 6.45) is 0. The molecular weight excluding hydrogens is 294 g/mol. The lowest BCUT2D eigenvalue weighted by molar-refractivity contribution is -0.136. The Balaban J connectivity index is 1.76. The van der Waals surface area contributed by atoms with Gasteiger partial charge in [-0.1, -0.05) is 11.6 Å². The number of carbonyl (C=O) groups excluding carboxylic acids is 1. The van der Waals surface area contributed by atoms with Gasteiger partial charge >= 0.3 is 0 Å². The van der Waals surface area contributed by atoms with Crippen LogP contribution < -0.4 is 0 Å². The number of benzene rings is 1. The second-order valence-corrected chi connectivity index (χ2v) is 5.10. The minimum Gasteiger partial charge on any atom is -0.378 e. The number of tetrazole rings is 1. The van der Waals surface area contributed by atoms with Gasteiger partial charge in [0.25, 0.3) is 0 Å². The zero-order chi connectivity index (χ0) is 14.7. The molecule has 21 heavy (non-hydrogen) atoms. The topological polar surface area (TPSA) is 73.1 Å². The van der Waals surface area contributed by atoms with E-state index in [2.05, 4.69) is 15.5 Å².